The van der Waals surface area contributed by atoms with Gasteiger partial charge in [0.15, 0.2) is 0 Å². The topological polar surface area (TPSA) is 170 Å². The molecule has 0 bridgehead atoms. The smallest absolute Gasteiger partial charge is 0.339 e. The SMILES string of the molecule is CN(C)C(=O)C=Cc1ccccc1C(=O)OC1CC(C(=O)NCc2cccc(C(=O)NC(CO)CCC(=O)OC(C)(C)C)c2)=CC2OC(c3ccccc3)(c3ccccc3)OC21. The quantitative estimate of drug-likeness (QED) is 0.0974. The highest BCUT2D eigenvalue weighted by Gasteiger charge is 2.55. The van der Waals surface area contributed by atoms with Crippen molar-refractivity contribution in [3.05, 3.63) is 160 Å². The van der Waals surface area contributed by atoms with Crippen molar-refractivity contribution in [2.45, 2.75) is 82.3 Å². The second kappa shape index (κ2) is 20.0. The number of likely N-dealkylation sites (N-methyl/N-ethyl adjacent to an activating group) is 1. The number of hydrogen-bond donors (Lipinski definition) is 3. The Morgan fingerprint density at radius 2 is 1.53 bits per heavy atom. The Bertz CT molecular complexity index is 2260. The number of fused-ring (bicyclic) bond motifs is 1. The molecule has 1 aliphatic heterocycles. The lowest BCUT2D eigenvalue weighted by Gasteiger charge is -2.31. The number of carbonyl (C=O) groups is 5. The average Bonchev–Trinajstić information content (AvgIpc) is 3.67. The summed E-state index contributed by atoms with van der Waals surface area (Å²) in [5, 5.41) is 15.6. The van der Waals surface area contributed by atoms with E-state index in [9.17, 15) is 29.1 Å². The zero-order chi connectivity index (χ0) is 44.4. The molecule has 3 N–H and O–H groups in total. The minimum atomic E-state index is -1.40. The highest BCUT2D eigenvalue weighted by molar-refractivity contribution is 5.98. The molecule has 3 amide bonds. The van der Waals surface area contributed by atoms with Crippen LogP contribution in [0, 0.1) is 0 Å². The molecule has 4 atom stereocenters. The van der Waals surface area contributed by atoms with Gasteiger partial charge in [-0.3, -0.25) is 19.2 Å². The summed E-state index contributed by atoms with van der Waals surface area (Å²) in [7, 11) is 3.26. The zero-order valence-electron chi connectivity index (χ0n) is 35.5. The second-order valence-corrected chi connectivity index (χ2v) is 16.4. The zero-order valence-corrected chi connectivity index (χ0v) is 35.5. The molecule has 1 saturated heterocycles. The van der Waals surface area contributed by atoms with E-state index in [-0.39, 0.29) is 43.9 Å². The van der Waals surface area contributed by atoms with Crippen LogP contribution in [-0.2, 0) is 45.7 Å². The van der Waals surface area contributed by atoms with Crippen LogP contribution < -0.4 is 10.6 Å². The van der Waals surface area contributed by atoms with Crippen molar-refractivity contribution in [2.75, 3.05) is 20.7 Å². The molecule has 62 heavy (non-hydrogen) atoms. The lowest BCUT2D eigenvalue weighted by atomic mass is 9.91. The van der Waals surface area contributed by atoms with E-state index < -0.39 is 59.5 Å². The highest BCUT2D eigenvalue weighted by atomic mass is 16.8. The Morgan fingerprint density at radius 1 is 0.871 bits per heavy atom. The van der Waals surface area contributed by atoms with Gasteiger partial charge in [0.2, 0.25) is 17.6 Å². The molecule has 1 heterocycles. The first-order chi connectivity index (χ1) is 29.7. The van der Waals surface area contributed by atoms with Crippen molar-refractivity contribution in [2.24, 2.45) is 0 Å². The molecular formula is C49H53N3O10. The Hall–Kier alpha value is -6.41. The first-order valence-electron chi connectivity index (χ1n) is 20.5. The van der Waals surface area contributed by atoms with Gasteiger partial charge in [-0.2, -0.15) is 0 Å². The molecule has 6 rings (SSSR count). The van der Waals surface area contributed by atoms with Crippen molar-refractivity contribution in [1.29, 1.82) is 0 Å². The first-order valence-corrected chi connectivity index (χ1v) is 20.5. The summed E-state index contributed by atoms with van der Waals surface area (Å²) in [6.07, 6.45) is 2.22. The molecule has 4 aromatic carbocycles. The van der Waals surface area contributed by atoms with Gasteiger partial charge >= 0.3 is 11.9 Å². The summed E-state index contributed by atoms with van der Waals surface area (Å²) in [4.78, 5) is 67.3. The van der Waals surface area contributed by atoms with E-state index in [0.29, 0.717) is 33.4 Å². The number of carbonyl (C=O) groups excluding carboxylic acids is 5. The van der Waals surface area contributed by atoms with Crippen LogP contribution in [0.4, 0.5) is 0 Å². The number of ether oxygens (including phenoxy) is 4. The van der Waals surface area contributed by atoms with Crippen LogP contribution >= 0.6 is 0 Å². The molecule has 13 heteroatoms. The van der Waals surface area contributed by atoms with Crippen molar-refractivity contribution < 1.29 is 48.0 Å². The summed E-state index contributed by atoms with van der Waals surface area (Å²) >= 11 is 0. The van der Waals surface area contributed by atoms with Crippen LogP contribution in [0.2, 0.25) is 0 Å². The van der Waals surface area contributed by atoms with Crippen LogP contribution in [-0.4, -0.2) is 90.3 Å². The third-order valence-corrected chi connectivity index (χ3v) is 10.3. The molecule has 2 aliphatic rings. The fraction of sp³-hybridized carbons (Fsp3) is 0.327. The maximum atomic E-state index is 14.0. The molecule has 0 radical (unpaired) electrons. The Balaban J connectivity index is 1.22. The number of nitrogens with one attached hydrogen (secondary N) is 2. The molecule has 0 spiro atoms. The van der Waals surface area contributed by atoms with E-state index in [1.165, 1.54) is 11.0 Å². The van der Waals surface area contributed by atoms with Gasteiger partial charge in [0.25, 0.3) is 5.91 Å². The number of benzene rings is 4. The molecule has 4 unspecified atom stereocenters. The highest BCUT2D eigenvalue weighted by Crippen LogP contribution is 2.47. The number of amides is 3. The van der Waals surface area contributed by atoms with E-state index in [0.717, 1.165) is 0 Å². The first kappa shape index (κ1) is 45.1. The number of rotatable bonds is 15. The summed E-state index contributed by atoms with van der Waals surface area (Å²) in [5.41, 5.74) is 2.71. The summed E-state index contributed by atoms with van der Waals surface area (Å²) in [6, 6.07) is 31.6. The van der Waals surface area contributed by atoms with Gasteiger partial charge in [-0.1, -0.05) is 91.0 Å². The molecule has 1 aliphatic carbocycles. The van der Waals surface area contributed by atoms with Crippen LogP contribution in [0.5, 0.6) is 0 Å². The number of esters is 2. The van der Waals surface area contributed by atoms with Gasteiger partial charge in [0.1, 0.15) is 23.9 Å². The molecule has 13 nitrogen and oxygen atoms in total. The molecule has 1 fully saturated rings. The van der Waals surface area contributed by atoms with E-state index in [4.69, 9.17) is 18.9 Å². The Labute approximate surface area is 361 Å². The number of hydrogen-bond acceptors (Lipinski definition) is 10. The fourth-order valence-electron chi connectivity index (χ4n) is 7.21. The van der Waals surface area contributed by atoms with Gasteiger partial charge in [-0.15, -0.1) is 0 Å². The summed E-state index contributed by atoms with van der Waals surface area (Å²) < 4.78 is 25.3. The molecule has 4 aromatic rings. The normalized spacial score (nSPS) is 18.5. The van der Waals surface area contributed by atoms with E-state index in [1.54, 1.807) is 95.5 Å². The molecule has 0 saturated carbocycles. The average molecular weight is 844 g/mol. The molecule has 0 aromatic heterocycles. The Kier molecular flexibility index (Phi) is 14.5. The van der Waals surface area contributed by atoms with Gasteiger partial charge in [-0.05, 0) is 68.7 Å². The van der Waals surface area contributed by atoms with E-state index in [1.807, 2.05) is 60.7 Å². The van der Waals surface area contributed by atoms with E-state index >= 15 is 0 Å². The van der Waals surface area contributed by atoms with Gasteiger partial charge < -0.3 is 39.6 Å². The van der Waals surface area contributed by atoms with Gasteiger partial charge in [0, 0.05) is 61.8 Å². The van der Waals surface area contributed by atoms with Crippen molar-refractivity contribution in [3.8, 4) is 0 Å². The summed E-state index contributed by atoms with van der Waals surface area (Å²) in [6.45, 7) is 4.98. The van der Waals surface area contributed by atoms with Crippen LogP contribution in [0.15, 0.2) is 127 Å². The Morgan fingerprint density at radius 3 is 2.18 bits per heavy atom. The number of aliphatic hydroxyl groups is 1. The predicted octanol–water partition coefficient (Wildman–Crippen LogP) is 5.86. The van der Waals surface area contributed by atoms with Crippen LogP contribution in [0.3, 0.4) is 0 Å². The number of aliphatic hydroxyl groups excluding tert-OH is 1. The maximum absolute atomic E-state index is 14.0. The fourth-order valence-corrected chi connectivity index (χ4v) is 7.21. The van der Waals surface area contributed by atoms with Crippen molar-refractivity contribution >= 4 is 35.7 Å². The molecular weight excluding hydrogens is 791 g/mol. The number of nitrogens with zero attached hydrogens (tertiary/aromatic N) is 1. The minimum absolute atomic E-state index is 0.00678. The van der Waals surface area contributed by atoms with Crippen molar-refractivity contribution in [1.82, 2.24) is 15.5 Å². The lowest BCUT2D eigenvalue weighted by Crippen LogP contribution is -2.43. The second-order valence-electron chi connectivity index (χ2n) is 16.4. The van der Waals surface area contributed by atoms with Crippen LogP contribution in [0.25, 0.3) is 6.08 Å². The largest absolute Gasteiger partial charge is 0.460 e. The van der Waals surface area contributed by atoms with Gasteiger partial charge in [0.05, 0.1) is 18.2 Å². The van der Waals surface area contributed by atoms with Gasteiger partial charge in [-0.25, -0.2) is 4.79 Å². The summed E-state index contributed by atoms with van der Waals surface area (Å²) in [5.74, 6) is -3.64. The standard InChI is InChI=1S/C49H53N3O10/c1-48(2,3)61-43(55)26-24-38(31-53)51-46(57)34-17-14-15-32(27-34)30-50-45(56)35-28-40(59-47(58)39-22-13-12-16-33(39)23-25-42(54)52(4)5)44-41(29-35)60-49(62-44,36-18-8-6-9-19-36)37-20-10-7-11-21-37/h6-23,25,27,29,38,40-41,44,53H,24,26,28,30-31H2,1-5H3,(H,50,56)(H,51,57). The monoisotopic (exact) mass is 843 g/mol. The van der Waals surface area contributed by atoms with Crippen LogP contribution in [0.1, 0.15) is 83.0 Å². The third kappa shape index (κ3) is 11.3. The van der Waals surface area contributed by atoms with E-state index in [2.05, 4.69) is 10.6 Å². The maximum Gasteiger partial charge on any atom is 0.339 e. The lowest BCUT2D eigenvalue weighted by molar-refractivity contribution is -0.157. The minimum Gasteiger partial charge on any atom is -0.460 e. The van der Waals surface area contributed by atoms with Crippen molar-refractivity contribution in [3.63, 3.8) is 0 Å². The molecule has 324 valence electrons. The third-order valence-electron chi connectivity index (χ3n) is 10.3. The predicted molar refractivity (Wildman–Crippen MR) is 231 cm³/mol.